The second kappa shape index (κ2) is 12.0. The summed E-state index contributed by atoms with van der Waals surface area (Å²) in [6, 6.07) is 4.47. The van der Waals surface area contributed by atoms with E-state index in [0.29, 0.717) is 32.5 Å². The van der Waals surface area contributed by atoms with Crippen LogP contribution in [0.2, 0.25) is 0 Å². The molecule has 0 aromatic heterocycles. The molecule has 2 fully saturated rings. The first-order valence-corrected chi connectivity index (χ1v) is 14.1. The fourth-order valence-electron chi connectivity index (χ4n) is 4.84. The maximum Gasteiger partial charge on any atom is 0.252 e. The molecule has 2 N–H and O–H groups in total. The summed E-state index contributed by atoms with van der Waals surface area (Å²) in [4.78, 5) is 26.4. The van der Waals surface area contributed by atoms with Gasteiger partial charge in [0.2, 0.25) is 15.9 Å². The molecule has 3 rings (SSSR count). The van der Waals surface area contributed by atoms with Gasteiger partial charge in [-0.15, -0.1) is 0 Å². The van der Waals surface area contributed by atoms with Crippen LogP contribution in [0.1, 0.15) is 87.9 Å². The molecular formula is C25H39N3O5S. The Balaban J connectivity index is 1.87. The molecule has 2 amide bonds. The number of sulfonamides is 1. The van der Waals surface area contributed by atoms with Crippen molar-refractivity contribution in [1.82, 2.24) is 14.9 Å². The lowest BCUT2D eigenvalue weighted by Gasteiger charge is -2.36. The largest absolute Gasteiger partial charge is 0.495 e. The quantitative estimate of drug-likeness (QED) is 0.512. The van der Waals surface area contributed by atoms with Crippen LogP contribution in [0, 0.1) is 0 Å². The van der Waals surface area contributed by atoms with Crippen molar-refractivity contribution in [2.45, 2.75) is 88.0 Å². The second-order valence-electron chi connectivity index (χ2n) is 9.39. The van der Waals surface area contributed by atoms with E-state index in [2.05, 4.69) is 17.6 Å². The third-order valence-electron chi connectivity index (χ3n) is 6.92. The van der Waals surface area contributed by atoms with Gasteiger partial charge in [-0.05, 0) is 50.3 Å². The summed E-state index contributed by atoms with van der Waals surface area (Å²) in [7, 11) is -2.39. The van der Waals surface area contributed by atoms with Crippen molar-refractivity contribution in [3.8, 4) is 5.75 Å². The number of nitrogens with zero attached hydrogens (tertiary/aromatic N) is 1. The highest BCUT2D eigenvalue weighted by Crippen LogP contribution is 2.31. The molecule has 0 unspecified atom stereocenters. The number of rotatable bonds is 9. The number of hydrogen-bond acceptors (Lipinski definition) is 5. The molecule has 1 aliphatic carbocycles. The third kappa shape index (κ3) is 6.10. The summed E-state index contributed by atoms with van der Waals surface area (Å²) in [5, 5.41) is 5.96. The van der Waals surface area contributed by atoms with Gasteiger partial charge in [0.25, 0.3) is 5.91 Å². The van der Waals surface area contributed by atoms with Crippen molar-refractivity contribution >= 4 is 21.8 Å². The average Bonchev–Trinajstić information content (AvgIpc) is 3.14. The molecule has 0 spiro atoms. The highest BCUT2D eigenvalue weighted by Gasteiger charge is 2.41. The first-order valence-electron chi connectivity index (χ1n) is 12.6. The van der Waals surface area contributed by atoms with Crippen molar-refractivity contribution in [2.75, 3.05) is 26.7 Å². The van der Waals surface area contributed by atoms with Gasteiger partial charge in [0, 0.05) is 25.2 Å². The zero-order chi connectivity index (χ0) is 24.6. The lowest BCUT2D eigenvalue weighted by Crippen LogP contribution is -2.59. The number of ether oxygens (including phenoxy) is 1. The Bertz CT molecular complexity index is 949. The van der Waals surface area contributed by atoms with E-state index in [1.807, 2.05) is 0 Å². The summed E-state index contributed by atoms with van der Waals surface area (Å²) in [5.41, 5.74) is -0.757. The van der Waals surface area contributed by atoms with Gasteiger partial charge in [-0.3, -0.25) is 9.59 Å². The molecule has 0 atom stereocenters. The van der Waals surface area contributed by atoms with Crippen molar-refractivity contribution < 1.29 is 22.7 Å². The Morgan fingerprint density at radius 3 is 2.29 bits per heavy atom. The van der Waals surface area contributed by atoms with Crippen molar-refractivity contribution in [3.05, 3.63) is 23.8 Å². The first kappa shape index (κ1) is 26.5. The van der Waals surface area contributed by atoms with Gasteiger partial charge in [0.1, 0.15) is 16.2 Å². The summed E-state index contributed by atoms with van der Waals surface area (Å²) < 4.78 is 33.7. The molecule has 1 saturated carbocycles. The van der Waals surface area contributed by atoms with Crippen molar-refractivity contribution in [2.24, 2.45) is 0 Å². The van der Waals surface area contributed by atoms with Gasteiger partial charge in [-0.25, -0.2) is 8.42 Å². The van der Waals surface area contributed by atoms with Crippen LogP contribution in [0.15, 0.2) is 23.1 Å². The summed E-state index contributed by atoms with van der Waals surface area (Å²) in [6.45, 7) is 3.56. The molecule has 9 heteroatoms. The fourth-order valence-corrected chi connectivity index (χ4v) is 6.54. The summed E-state index contributed by atoms with van der Waals surface area (Å²) in [6.07, 6.45) is 9.40. The number of unbranched alkanes of at least 4 members (excludes halogenated alkanes) is 1. The number of amides is 2. The molecule has 1 aromatic rings. The van der Waals surface area contributed by atoms with E-state index in [1.165, 1.54) is 23.5 Å². The highest BCUT2D eigenvalue weighted by atomic mass is 32.2. The smallest absolute Gasteiger partial charge is 0.252 e. The van der Waals surface area contributed by atoms with Crippen LogP contribution in [0.4, 0.5) is 0 Å². The Hall–Kier alpha value is -2.13. The molecule has 1 heterocycles. The van der Waals surface area contributed by atoms with Crippen LogP contribution < -0.4 is 15.4 Å². The van der Waals surface area contributed by atoms with Crippen LogP contribution in [-0.4, -0.2) is 56.8 Å². The molecule has 34 heavy (non-hydrogen) atoms. The van der Waals surface area contributed by atoms with Crippen molar-refractivity contribution in [3.63, 3.8) is 0 Å². The summed E-state index contributed by atoms with van der Waals surface area (Å²) >= 11 is 0. The maximum absolute atomic E-state index is 13.5. The van der Waals surface area contributed by atoms with Gasteiger partial charge in [0.15, 0.2) is 0 Å². The number of hydrogen-bond donors (Lipinski definition) is 2. The molecule has 0 radical (unpaired) electrons. The van der Waals surface area contributed by atoms with E-state index in [1.54, 1.807) is 6.07 Å². The molecule has 0 bridgehead atoms. The average molecular weight is 494 g/mol. The van der Waals surface area contributed by atoms with Gasteiger partial charge in [-0.2, -0.15) is 4.31 Å². The minimum absolute atomic E-state index is 0.00496. The zero-order valence-electron chi connectivity index (χ0n) is 20.5. The molecule has 1 aromatic carbocycles. The van der Waals surface area contributed by atoms with Crippen LogP contribution in [0.3, 0.4) is 0 Å². The molecular weight excluding hydrogens is 454 g/mol. The maximum atomic E-state index is 13.5. The molecule has 8 nitrogen and oxygen atoms in total. The van der Waals surface area contributed by atoms with E-state index in [4.69, 9.17) is 4.74 Å². The van der Waals surface area contributed by atoms with Crippen LogP contribution >= 0.6 is 0 Å². The van der Waals surface area contributed by atoms with Gasteiger partial charge in [0.05, 0.1) is 7.11 Å². The number of carbonyl (C=O) groups excluding carboxylic acids is 2. The van der Waals surface area contributed by atoms with E-state index in [9.17, 15) is 18.0 Å². The van der Waals surface area contributed by atoms with Gasteiger partial charge in [-0.1, -0.05) is 45.4 Å². The third-order valence-corrected chi connectivity index (χ3v) is 8.84. The first-order chi connectivity index (χ1) is 16.3. The Morgan fingerprint density at radius 1 is 1.03 bits per heavy atom. The fraction of sp³-hybridized carbons (Fsp3) is 0.680. The highest BCUT2D eigenvalue weighted by molar-refractivity contribution is 7.89. The van der Waals surface area contributed by atoms with Crippen LogP contribution in [0.25, 0.3) is 0 Å². The predicted molar refractivity (Wildman–Crippen MR) is 131 cm³/mol. The number of carbonyl (C=O) groups is 2. The number of nitrogens with one attached hydrogen (secondary N) is 2. The topological polar surface area (TPSA) is 105 Å². The predicted octanol–water partition coefficient (Wildman–Crippen LogP) is 3.61. The lowest BCUT2D eigenvalue weighted by atomic mass is 9.80. The van der Waals surface area contributed by atoms with Gasteiger partial charge >= 0.3 is 0 Å². The standard InChI is InChI=1S/C25H39N3O5S/c1-3-4-16-26-24(30)25(14-8-7-9-15-25)27-23(29)20-12-13-21(33-2)22(19-20)34(31,32)28-17-10-5-6-11-18-28/h12-13,19H,3-11,14-18H2,1-2H3,(H,26,30)(H,27,29). The minimum Gasteiger partial charge on any atom is -0.495 e. The zero-order valence-corrected chi connectivity index (χ0v) is 21.3. The number of methoxy groups -OCH3 is 1. The van der Waals surface area contributed by atoms with E-state index in [0.717, 1.165) is 57.8 Å². The molecule has 2 aliphatic rings. The molecule has 1 aliphatic heterocycles. The van der Waals surface area contributed by atoms with E-state index < -0.39 is 21.5 Å². The Labute approximate surface area is 203 Å². The normalized spacial score (nSPS) is 19.1. The second-order valence-corrected chi connectivity index (χ2v) is 11.3. The van der Waals surface area contributed by atoms with E-state index in [-0.39, 0.29) is 22.1 Å². The molecule has 1 saturated heterocycles. The Kier molecular flexibility index (Phi) is 9.36. The monoisotopic (exact) mass is 493 g/mol. The lowest BCUT2D eigenvalue weighted by molar-refractivity contribution is -0.128. The number of benzene rings is 1. The van der Waals surface area contributed by atoms with Crippen molar-refractivity contribution in [1.29, 1.82) is 0 Å². The SMILES string of the molecule is CCCCNC(=O)C1(NC(=O)c2ccc(OC)c(S(=O)(=O)N3CCCCCC3)c2)CCCCC1. The Morgan fingerprint density at radius 2 is 1.68 bits per heavy atom. The van der Waals surface area contributed by atoms with E-state index >= 15 is 0 Å². The van der Waals surface area contributed by atoms with Gasteiger partial charge < -0.3 is 15.4 Å². The van der Waals surface area contributed by atoms with Crippen LogP contribution in [0.5, 0.6) is 5.75 Å². The minimum atomic E-state index is -3.81. The molecule has 190 valence electrons. The van der Waals surface area contributed by atoms with Crippen LogP contribution in [-0.2, 0) is 14.8 Å². The summed E-state index contributed by atoms with van der Waals surface area (Å²) in [5.74, 6) is -0.382.